The monoisotopic (exact) mass is 337 g/mol. The molecular formula is C15H19N3O4S. The number of hydrogen-bond acceptors (Lipinski definition) is 5. The predicted molar refractivity (Wildman–Crippen MR) is 86.1 cm³/mol. The summed E-state index contributed by atoms with van der Waals surface area (Å²) < 4.78 is 27.8. The van der Waals surface area contributed by atoms with Crippen molar-refractivity contribution in [2.24, 2.45) is 5.14 Å². The second-order valence-corrected chi connectivity index (χ2v) is 6.75. The third-order valence-corrected chi connectivity index (χ3v) is 4.08. The molecule has 0 aliphatic rings. The third kappa shape index (κ3) is 5.51. The fraction of sp³-hybridized carbons (Fsp3) is 0.267. The summed E-state index contributed by atoms with van der Waals surface area (Å²) in [6.45, 7) is 1.16. The zero-order valence-corrected chi connectivity index (χ0v) is 13.5. The Labute approximate surface area is 135 Å². The zero-order valence-electron chi connectivity index (χ0n) is 12.7. The number of anilines is 1. The summed E-state index contributed by atoms with van der Waals surface area (Å²) in [6.07, 6.45) is 1.88. The van der Waals surface area contributed by atoms with E-state index in [0.29, 0.717) is 18.8 Å². The van der Waals surface area contributed by atoms with E-state index >= 15 is 0 Å². The maximum Gasteiger partial charge on any atom is 0.238 e. The molecular weight excluding hydrogens is 318 g/mol. The van der Waals surface area contributed by atoms with Crippen LogP contribution in [-0.2, 0) is 21.4 Å². The molecule has 2 aromatic rings. The van der Waals surface area contributed by atoms with Crippen LogP contribution in [-0.4, -0.2) is 32.8 Å². The Bertz CT molecular complexity index is 757. The number of furan rings is 1. The fourth-order valence-electron chi connectivity index (χ4n) is 2.01. The zero-order chi connectivity index (χ0) is 16.9. The lowest BCUT2D eigenvalue weighted by Gasteiger charge is -2.14. The molecule has 0 saturated carbocycles. The highest BCUT2D eigenvalue weighted by molar-refractivity contribution is 7.89. The summed E-state index contributed by atoms with van der Waals surface area (Å²) in [5, 5.41) is 7.72. The van der Waals surface area contributed by atoms with Crippen molar-refractivity contribution >= 4 is 21.6 Å². The molecule has 1 aromatic heterocycles. The van der Waals surface area contributed by atoms with Crippen LogP contribution in [0.15, 0.2) is 52.0 Å². The van der Waals surface area contributed by atoms with Crippen LogP contribution in [0, 0.1) is 0 Å². The standard InChI is InChI=1S/C15H19N3O4S/c1-18(11-13-5-3-9-22-13)8-7-15(19)17-12-4-2-6-14(10-12)23(16,20)21/h2-6,9-10H,7-8,11H2,1H3,(H,17,19)(H2,16,20,21). The Hall–Kier alpha value is -2.16. The summed E-state index contributed by atoms with van der Waals surface area (Å²) in [4.78, 5) is 13.9. The third-order valence-electron chi connectivity index (χ3n) is 3.17. The number of benzene rings is 1. The van der Waals surface area contributed by atoms with Crippen molar-refractivity contribution in [3.63, 3.8) is 0 Å². The second kappa shape index (κ2) is 7.40. The molecule has 1 amide bonds. The Morgan fingerprint density at radius 2 is 2.09 bits per heavy atom. The predicted octanol–water partition coefficient (Wildman–Crippen LogP) is 1.39. The maximum atomic E-state index is 11.9. The second-order valence-electron chi connectivity index (χ2n) is 5.19. The van der Waals surface area contributed by atoms with Crippen LogP contribution >= 0.6 is 0 Å². The van der Waals surface area contributed by atoms with E-state index in [2.05, 4.69) is 5.32 Å². The van der Waals surface area contributed by atoms with E-state index in [9.17, 15) is 13.2 Å². The van der Waals surface area contributed by atoms with E-state index in [1.165, 1.54) is 18.2 Å². The van der Waals surface area contributed by atoms with Gasteiger partial charge in [-0.15, -0.1) is 0 Å². The number of amides is 1. The van der Waals surface area contributed by atoms with Gasteiger partial charge in [0.15, 0.2) is 0 Å². The number of nitrogens with zero attached hydrogens (tertiary/aromatic N) is 1. The van der Waals surface area contributed by atoms with Gasteiger partial charge in [0, 0.05) is 18.7 Å². The van der Waals surface area contributed by atoms with Gasteiger partial charge in [0.25, 0.3) is 0 Å². The van der Waals surface area contributed by atoms with Crippen LogP contribution in [0.2, 0.25) is 0 Å². The van der Waals surface area contributed by atoms with Gasteiger partial charge >= 0.3 is 0 Å². The van der Waals surface area contributed by atoms with Gasteiger partial charge in [-0.25, -0.2) is 13.6 Å². The minimum atomic E-state index is -3.79. The molecule has 0 saturated heterocycles. The van der Waals surface area contributed by atoms with Crippen molar-refractivity contribution < 1.29 is 17.6 Å². The van der Waals surface area contributed by atoms with Crippen molar-refractivity contribution in [1.29, 1.82) is 0 Å². The molecule has 1 heterocycles. The van der Waals surface area contributed by atoms with Crippen LogP contribution in [0.4, 0.5) is 5.69 Å². The van der Waals surface area contributed by atoms with Gasteiger partial charge in [0.2, 0.25) is 15.9 Å². The first kappa shape index (κ1) is 17.2. The Kier molecular flexibility index (Phi) is 5.54. The van der Waals surface area contributed by atoms with Crippen LogP contribution < -0.4 is 10.5 Å². The Morgan fingerprint density at radius 1 is 1.30 bits per heavy atom. The number of nitrogens with one attached hydrogen (secondary N) is 1. The lowest BCUT2D eigenvalue weighted by Crippen LogP contribution is -2.24. The highest BCUT2D eigenvalue weighted by Crippen LogP contribution is 2.14. The highest BCUT2D eigenvalue weighted by Gasteiger charge is 2.10. The van der Waals surface area contributed by atoms with E-state index in [4.69, 9.17) is 9.56 Å². The van der Waals surface area contributed by atoms with E-state index in [-0.39, 0.29) is 17.2 Å². The van der Waals surface area contributed by atoms with Gasteiger partial charge in [0.1, 0.15) is 5.76 Å². The molecule has 8 heteroatoms. The number of primary sulfonamides is 1. The van der Waals surface area contributed by atoms with Gasteiger partial charge in [-0.05, 0) is 37.4 Å². The first-order valence-electron chi connectivity index (χ1n) is 6.98. The van der Waals surface area contributed by atoms with E-state index in [1.807, 2.05) is 24.1 Å². The largest absolute Gasteiger partial charge is 0.468 e. The number of carbonyl (C=O) groups is 1. The van der Waals surface area contributed by atoms with Crippen LogP contribution in [0.3, 0.4) is 0 Å². The van der Waals surface area contributed by atoms with Crippen molar-refractivity contribution in [3.05, 3.63) is 48.4 Å². The molecule has 0 bridgehead atoms. The quantitative estimate of drug-likeness (QED) is 0.794. The molecule has 0 aliphatic heterocycles. The summed E-state index contributed by atoms with van der Waals surface area (Å²) in [7, 11) is -1.90. The van der Waals surface area contributed by atoms with Crippen LogP contribution in [0.25, 0.3) is 0 Å². The molecule has 0 unspecified atom stereocenters. The first-order valence-corrected chi connectivity index (χ1v) is 8.53. The van der Waals surface area contributed by atoms with Gasteiger partial charge in [0.05, 0.1) is 17.7 Å². The Morgan fingerprint density at radius 3 is 2.74 bits per heavy atom. The molecule has 3 N–H and O–H groups in total. The van der Waals surface area contributed by atoms with Gasteiger partial charge in [-0.2, -0.15) is 0 Å². The SMILES string of the molecule is CN(CCC(=O)Nc1cccc(S(N)(=O)=O)c1)Cc1ccco1. The molecule has 0 fully saturated rings. The minimum absolute atomic E-state index is 0.0368. The average Bonchev–Trinajstić information content (AvgIpc) is 2.97. The normalized spacial score (nSPS) is 11.6. The van der Waals surface area contributed by atoms with E-state index in [0.717, 1.165) is 5.76 Å². The van der Waals surface area contributed by atoms with Crippen LogP contribution in [0.5, 0.6) is 0 Å². The Balaban J connectivity index is 1.85. The van der Waals surface area contributed by atoms with Gasteiger partial charge < -0.3 is 9.73 Å². The number of rotatable bonds is 7. The van der Waals surface area contributed by atoms with Crippen molar-refractivity contribution in [2.45, 2.75) is 17.9 Å². The molecule has 124 valence electrons. The molecule has 1 aromatic carbocycles. The average molecular weight is 337 g/mol. The van der Waals surface area contributed by atoms with Gasteiger partial charge in [-0.3, -0.25) is 9.69 Å². The highest BCUT2D eigenvalue weighted by atomic mass is 32.2. The summed E-state index contributed by atoms with van der Waals surface area (Å²) in [6, 6.07) is 9.53. The molecule has 2 rings (SSSR count). The molecule has 7 nitrogen and oxygen atoms in total. The number of carbonyl (C=O) groups excluding carboxylic acids is 1. The summed E-state index contributed by atoms with van der Waals surface area (Å²) in [5.41, 5.74) is 0.398. The lowest BCUT2D eigenvalue weighted by molar-refractivity contribution is -0.116. The number of sulfonamides is 1. The molecule has 0 spiro atoms. The molecule has 0 radical (unpaired) electrons. The van der Waals surface area contributed by atoms with E-state index in [1.54, 1.807) is 12.3 Å². The van der Waals surface area contributed by atoms with Gasteiger partial charge in [-0.1, -0.05) is 6.07 Å². The molecule has 23 heavy (non-hydrogen) atoms. The lowest BCUT2D eigenvalue weighted by atomic mass is 10.3. The smallest absolute Gasteiger partial charge is 0.238 e. The molecule has 0 atom stereocenters. The van der Waals surface area contributed by atoms with Crippen molar-refractivity contribution in [1.82, 2.24) is 4.90 Å². The van der Waals surface area contributed by atoms with Crippen molar-refractivity contribution in [2.75, 3.05) is 18.9 Å². The number of nitrogens with two attached hydrogens (primary N) is 1. The topological polar surface area (TPSA) is 106 Å². The molecule has 0 aliphatic carbocycles. The van der Waals surface area contributed by atoms with Crippen LogP contribution in [0.1, 0.15) is 12.2 Å². The number of hydrogen-bond donors (Lipinski definition) is 2. The minimum Gasteiger partial charge on any atom is -0.468 e. The van der Waals surface area contributed by atoms with E-state index < -0.39 is 10.0 Å². The summed E-state index contributed by atoms with van der Waals surface area (Å²) >= 11 is 0. The first-order chi connectivity index (χ1) is 10.8. The maximum absolute atomic E-state index is 11.9. The van der Waals surface area contributed by atoms with Crippen molar-refractivity contribution in [3.8, 4) is 0 Å². The summed E-state index contributed by atoms with van der Waals surface area (Å²) in [5.74, 6) is 0.622. The fourth-order valence-corrected chi connectivity index (χ4v) is 2.57.